The Morgan fingerprint density at radius 1 is 1.05 bits per heavy atom. The molecule has 0 spiro atoms. The smallest absolute Gasteiger partial charge is 0.174 e. The minimum atomic E-state index is 0.0676. The average molecular weight is 334 g/mol. The van der Waals surface area contributed by atoms with Gasteiger partial charge >= 0.3 is 0 Å². The molecule has 0 aliphatic carbocycles. The third kappa shape index (κ3) is 2.05. The van der Waals surface area contributed by atoms with Gasteiger partial charge in [0.2, 0.25) is 0 Å². The molecule has 0 saturated heterocycles. The Kier molecular flexibility index (Phi) is 3.29. The molecule has 0 amide bonds. The quantitative estimate of drug-likeness (QED) is 0.357. The number of Topliss-reactive ketones (excluding diaryl/α,β-unsaturated/α-hetero) is 1. The van der Waals surface area contributed by atoms with Crippen LogP contribution >= 0.6 is 27.5 Å². The molecule has 0 N–H and O–H groups in total. The van der Waals surface area contributed by atoms with E-state index in [0.29, 0.717) is 15.9 Å². The Morgan fingerprint density at radius 3 is 2.58 bits per heavy atom. The number of hydrogen-bond acceptors (Lipinski definition) is 1. The zero-order valence-corrected chi connectivity index (χ0v) is 12.3. The van der Waals surface area contributed by atoms with Crippen LogP contribution in [0.15, 0.2) is 48.5 Å². The molecule has 19 heavy (non-hydrogen) atoms. The van der Waals surface area contributed by atoms with Gasteiger partial charge in [-0.25, -0.2) is 0 Å². The van der Waals surface area contributed by atoms with Gasteiger partial charge in [-0.05, 0) is 16.8 Å². The highest BCUT2D eigenvalue weighted by molar-refractivity contribution is 9.09. The SMILES string of the molecule is O=C(CBr)c1cccc2c(Cl)cc3ccccc3c12. The van der Waals surface area contributed by atoms with E-state index < -0.39 is 0 Å². The third-order valence-electron chi connectivity index (χ3n) is 3.26. The first-order valence-electron chi connectivity index (χ1n) is 5.91. The van der Waals surface area contributed by atoms with Crippen molar-refractivity contribution in [2.75, 3.05) is 5.33 Å². The van der Waals surface area contributed by atoms with Gasteiger partial charge in [-0.3, -0.25) is 4.79 Å². The fourth-order valence-electron chi connectivity index (χ4n) is 2.41. The Balaban J connectivity index is 2.55. The van der Waals surface area contributed by atoms with E-state index in [-0.39, 0.29) is 5.78 Å². The maximum atomic E-state index is 12.1. The summed E-state index contributed by atoms with van der Waals surface area (Å²) < 4.78 is 0. The van der Waals surface area contributed by atoms with Crippen molar-refractivity contribution < 1.29 is 4.79 Å². The van der Waals surface area contributed by atoms with Crippen LogP contribution in [0.1, 0.15) is 10.4 Å². The standard InChI is InChI=1S/C16H10BrClO/c17-9-15(19)13-7-3-6-12-14(18)8-10-4-1-2-5-11(10)16(12)13/h1-8H,9H2. The maximum absolute atomic E-state index is 12.1. The number of fused-ring (bicyclic) bond motifs is 3. The summed E-state index contributed by atoms with van der Waals surface area (Å²) in [7, 11) is 0. The minimum Gasteiger partial charge on any atom is -0.293 e. The monoisotopic (exact) mass is 332 g/mol. The van der Waals surface area contributed by atoms with Gasteiger partial charge in [-0.1, -0.05) is 70.0 Å². The zero-order chi connectivity index (χ0) is 13.4. The second-order valence-corrected chi connectivity index (χ2v) is 5.33. The molecule has 0 radical (unpaired) electrons. The van der Waals surface area contributed by atoms with E-state index in [2.05, 4.69) is 15.9 Å². The van der Waals surface area contributed by atoms with E-state index in [0.717, 1.165) is 21.5 Å². The lowest BCUT2D eigenvalue weighted by Crippen LogP contribution is -2.01. The molecule has 0 unspecified atom stereocenters. The molecule has 3 aromatic carbocycles. The van der Waals surface area contributed by atoms with E-state index in [1.165, 1.54) is 0 Å². The normalized spacial score (nSPS) is 11.1. The molecule has 0 saturated carbocycles. The first-order chi connectivity index (χ1) is 9.22. The molecule has 3 rings (SSSR count). The number of benzene rings is 3. The molecular formula is C16H10BrClO. The number of carbonyl (C=O) groups excluding carboxylic acids is 1. The fraction of sp³-hybridized carbons (Fsp3) is 0.0625. The number of halogens is 2. The van der Waals surface area contributed by atoms with Crippen molar-refractivity contribution in [1.82, 2.24) is 0 Å². The summed E-state index contributed by atoms with van der Waals surface area (Å²) in [5.41, 5.74) is 0.716. The molecule has 3 aromatic rings. The Labute approximate surface area is 124 Å². The molecule has 0 aliphatic rings. The lowest BCUT2D eigenvalue weighted by molar-refractivity contribution is 0.102. The average Bonchev–Trinajstić information content (AvgIpc) is 2.46. The van der Waals surface area contributed by atoms with Gasteiger partial charge in [0.15, 0.2) is 5.78 Å². The number of alkyl halides is 1. The van der Waals surface area contributed by atoms with Crippen molar-refractivity contribution in [2.45, 2.75) is 0 Å². The van der Waals surface area contributed by atoms with Crippen LogP contribution in [-0.2, 0) is 0 Å². The van der Waals surface area contributed by atoms with Gasteiger partial charge < -0.3 is 0 Å². The lowest BCUT2D eigenvalue weighted by Gasteiger charge is -2.10. The fourth-order valence-corrected chi connectivity index (χ4v) is 2.99. The van der Waals surface area contributed by atoms with Crippen molar-refractivity contribution in [2.24, 2.45) is 0 Å². The van der Waals surface area contributed by atoms with Crippen molar-refractivity contribution >= 4 is 54.9 Å². The van der Waals surface area contributed by atoms with Gasteiger partial charge in [0, 0.05) is 21.4 Å². The Bertz CT molecular complexity index is 795. The largest absolute Gasteiger partial charge is 0.293 e. The number of hydrogen-bond donors (Lipinski definition) is 0. The van der Waals surface area contributed by atoms with E-state index >= 15 is 0 Å². The zero-order valence-electron chi connectivity index (χ0n) is 9.99. The molecule has 3 heteroatoms. The van der Waals surface area contributed by atoms with Crippen LogP contribution in [0.4, 0.5) is 0 Å². The third-order valence-corrected chi connectivity index (χ3v) is 4.08. The number of ketones is 1. The van der Waals surface area contributed by atoms with Crippen LogP contribution < -0.4 is 0 Å². The highest BCUT2D eigenvalue weighted by atomic mass is 79.9. The number of rotatable bonds is 2. The van der Waals surface area contributed by atoms with E-state index in [1.54, 1.807) is 0 Å². The van der Waals surface area contributed by atoms with Crippen LogP contribution in [0.3, 0.4) is 0 Å². The summed E-state index contributed by atoms with van der Waals surface area (Å²) in [5.74, 6) is 0.0676. The predicted octanol–water partition coefficient (Wildman–Crippen LogP) is 5.22. The summed E-state index contributed by atoms with van der Waals surface area (Å²) in [4.78, 5) is 12.1. The van der Waals surface area contributed by atoms with Gasteiger partial charge in [-0.15, -0.1) is 0 Å². The van der Waals surface area contributed by atoms with Crippen molar-refractivity contribution in [1.29, 1.82) is 0 Å². The summed E-state index contributed by atoms with van der Waals surface area (Å²) >= 11 is 9.57. The van der Waals surface area contributed by atoms with E-state index in [9.17, 15) is 4.79 Å². The topological polar surface area (TPSA) is 17.1 Å². The van der Waals surface area contributed by atoms with Crippen LogP contribution in [0, 0.1) is 0 Å². The predicted molar refractivity (Wildman–Crippen MR) is 84.6 cm³/mol. The van der Waals surface area contributed by atoms with Crippen LogP contribution in [0.25, 0.3) is 21.5 Å². The molecule has 1 nitrogen and oxygen atoms in total. The highest BCUT2D eigenvalue weighted by Crippen LogP contribution is 2.34. The second kappa shape index (κ2) is 4.95. The van der Waals surface area contributed by atoms with Crippen LogP contribution in [0.5, 0.6) is 0 Å². The van der Waals surface area contributed by atoms with Crippen molar-refractivity contribution in [3.8, 4) is 0 Å². The molecule has 0 aromatic heterocycles. The molecule has 0 bridgehead atoms. The molecule has 0 atom stereocenters. The summed E-state index contributed by atoms with van der Waals surface area (Å²) in [6, 6.07) is 15.6. The molecule has 94 valence electrons. The molecule has 0 aliphatic heterocycles. The minimum absolute atomic E-state index is 0.0676. The van der Waals surface area contributed by atoms with Gasteiger partial charge in [-0.2, -0.15) is 0 Å². The first kappa shape index (κ1) is 12.6. The van der Waals surface area contributed by atoms with Crippen molar-refractivity contribution in [3.63, 3.8) is 0 Å². The molecular weight excluding hydrogens is 324 g/mol. The molecule has 0 fully saturated rings. The van der Waals surface area contributed by atoms with Gasteiger partial charge in [0.25, 0.3) is 0 Å². The van der Waals surface area contributed by atoms with Crippen molar-refractivity contribution in [3.05, 3.63) is 59.1 Å². The van der Waals surface area contributed by atoms with E-state index in [4.69, 9.17) is 11.6 Å². The highest BCUT2D eigenvalue weighted by Gasteiger charge is 2.13. The van der Waals surface area contributed by atoms with Gasteiger partial charge in [0.1, 0.15) is 0 Å². The van der Waals surface area contributed by atoms with Crippen LogP contribution in [-0.4, -0.2) is 11.1 Å². The van der Waals surface area contributed by atoms with Gasteiger partial charge in [0.05, 0.1) is 5.33 Å². The Morgan fingerprint density at radius 2 is 1.79 bits per heavy atom. The second-order valence-electron chi connectivity index (χ2n) is 4.36. The van der Waals surface area contributed by atoms with Crippen LogP contribution in [0.2, 0.25) is 5.02 Å². The molecule has 0 heterocycles. The lowest BCUT2D eigenvalue weighted by atomic mass is 9.96. The summed E-state index contributed by atoms with van der Waals surface area (Å²) in [6.45, 7) is 0. The maximum Gasteiger partial charge on any atom is 0.174 e. The Hall–Kier alpha value is -1.38. The first-order valence-corrected chi connectivity index (χ1v) is 7.41. The van der Waals surface area contributed by atoms with E-state index in [1.807, 2.05) is 48.5 Å². The summed E-state index contributed by atoms with van der Waals surface area (Å²) in [6.07, 6.45) is 0. The number of carbonyl (C=O) groups is 1. The summed E-state index contributed by atoms with van der Waals surface area (Å²) in [5, 5.41) is 4.97.